The van der Waals surface area contributed by atoms with E-state index in [1.807, 2.05) is 6.07 Å². The number of methoxy groups -OCH3 is 2. The smallest absolute Gasteiger partial charge is 0.160 e. The van der Waals surface area contributed by atoms with E-state index in [-0.39, 0.29) is 0 Å². The first-order chi connectivity index (χ1) is 9.53. The Balaban J connectivity index is 3.00. The van der Waals surface area contributed by atoms with Crippen LogP contribution in [0.1, 0.15) is 45.6 Å². The lowest BCUT2D eigenvalue weighted by molar-refractivity contribution is 0.352. The highest BCUT2D eigenvalue weighted by Gasteiger charge is 2.19. The minimum atomic E-state index is 0.488. The van der Waals surface area contributed by atoms with Gasteiger partial charge in [-0.3, -0.25) is 0 Å². The summed E-state index contributed by atoms with van der Waals surface area (Å²) in [5.74, 6) is 2.71. The van der Waals surface area contributed by atoms with Crippen LogP contribution in [0.4, 0.5) is 0 Å². The van der Waals surface area contributed by atoms with E-state index < -0.39 is 0 Å². The highest BCUT2D eigenvalue weighted by Crippen LogP contribution is 2.34. The molecule has 0 aliphatic carbocycles. The largest absolute Gasteiger partial charge is 0.493 e. The third kappa shape index (κ3) is 4.41. The molecule has 3 heteroatoms. The van der Waals surface area contributed by atoms with Gasteiger partial charge in [0.15, 0.2) is 11.5 Å². The molecule has 1 aromatic rings. The lowest BCUT2D eigenvalue weighted by Crippen LogP contribution is -2.30. The molecule has 0 spiro atoms. The van der Waals surface area contributed by atoms with Crippen LogP contribution < -0.4 is 14.8 Å². The van der Waals surface area contributed by atoms with E-state index in [9.17, 15) is 0 Å². The minimum absolute atomic E-state index is 0.488. The van der Waals surface area contributed by atoms with Crippen LogP contribution in [0, 0.1) is 5.92 Å². The number of benzene rings is 1. The van der Waals surface area contributed by atoms with Crippen molar-refractivity contribution in [3.63, 3.8) is 0 Å². The van der Waals surface area contributed by atoms with E-state index in [1.165, 1.54) is 12.0 Å². The monoisotopic (exact) mass is 279 g/mol. The highest BCUT2D eigenvalue weighted by atomic mass is 16.5. The van der Waals surface area contributed by atoms with E-state index in [0.29, 0.717) is 17.9 Å². The summed E-state index contributed by atoms with van der Waals surface area (Å²) in [5, 5.41) is 3.55. The van der Waals surface area contributed by atoms with Gasteiger partial charge in [0.05, 0.1) is 14.2 Å². The molecule has 114 valence electrons. The molecule has 3 nitrogen and oxygen atoms in total. The normalized spacial score (nSPS) is 14.2. The summed E-state index contributed by atoms with van der Waals surface area (Å²) in [5.41, 5.74) is 1.31. The van der Waals surface area contributed by atoms with Crippen molar-refractivity contribution in [3.8, 4) is 11.5 Å². The molecule has 1 aromatic carbocycles. The van der Waals surface area contributed by atoms with Gasteiger partial charge in [-0.2, -0.15) is 0 Å². The number of hydrogen-bond donors (Lipinski definition) is 1. The molecule has 0 saturated heterocycles. The Morgan fingerprint density at radius 1 is 1.05 bits per heavy atom. The van der Waals surface area contributed by atoms with E-state index in [0.717, 1.165) is 18.0 Å². The Bertz CT molecular complexity index is 404. The molecular weight excluding hydrogens is 250 g/mol. The van der Waals surface area contributed by atoms with Crippen molar-refractivity contribution in [2.75, 3.05) is 20.8 Å². The lowest BCUT2D eigenvalue weighted by Gasteiger charge is -2.26. The van der Waals surface area contributed by atoms with Crippen LogP contribution in [0.15, 0.2) is 18.2 Å². The zero-order valence-corrected chi connectivity index (χ0v) is 13.7. The van der Waals surface area contributed by atoms with Gasteiger partial charge in [-0.1, -0.05) is 40.2 Å². The van der Waals surface area contributed by atoms with Crippen LogP contribution in [-0.2, 0) is 0 Å². The van der Waals surface area contributed by atoms with Crippen LogP contribution in [0.5, 0.6) is 11.5 Å². The predicted molar refractivity (Wildman–Crippen MR) is 84.9 cm³/mol. The summed E-state index contributed by atoms with van der Waals surface area (Å²) in [4.78, 5) is 0. The Morgan fingerprint density at radius 2 is 1.70 bits per heavy atom. The maximum absolute atomic E-state index is 5.42. The first-order valence-corrected chi connectivity index (χ1v) is 7.48. The van der Waals surface area contributed by atoms with Crippen molar-refractivity contribution in [2.24, 2.45) is 5.92 Å². The molecule has 0 aliphatic rings. The van der Waals surface area contributed by atoms with Gasteiger partial charge in [-0.05, 0) is 29.5 Å². The van der Waals surface area contributed by atoms with Crippen molar-refractivity contribution in [1.82, 2.24) is 5.32 Å². The highest BCUT2D eigenvalue weighted by molar-refractivity contribution is 5.44. The molecule has 0 aromatic heterocycles. The molecule has 0 aliphatic heterocycles. The number of hydrogen-bond acceptors (Lipinski definition) is 3. The van der Waals surface area contributed by atoms with Gasteiger partial charge in [0.1, 0.15) is 0 Å². The van der Waals surface area contributed by atoms with Crippen LogP contribution in [0.3, 0.4) is 0 Å². The van der Waals surface area contributed by atoms with Gasteiger partial charge in [0.2, 0.25) is 0 Å². The van der Waals surface area contributed by atoms with Crippen molar-refractivity contribution >= 4 is 0 Å². The fourth-order valence-corrected chi connectivity index (χ4v) is 2.38. The molecular formula is C17H29NO2. The van der Waals surface area contributed by atoms with Gasteiger partial charge in [0, 0.05) is 12.6 Å². The molecule has 0 heterocycles. The summed E-state index contributed by atoms with van der Waals surface area (Å²) in [6.07, 6.45) is 1.17. The average Bonchev–Trinajstić information content (AvgIpc) is 2.46. The van der Waals surface area contributed by atoms with E-state index >= 15 is 0 Å². The van der Waals surface area contributed by atoms with Crippen molar-refractivity contribution in [1.29, 1.82) is 0 Å². The SMILES string of the molecule is CCC(C)C(CNC(C)C)c1ccc(OC)c(OC)c1. The van der Waals surface area contributed by atoms with E-state index in [2.05, 4.69) is 45.1 Å². The van der Waals surface area contributed by atoms with Crippen LogP contribution in [0.25, 0.3) is 0 Å². The standard InChI is InChI=1S/C17H29NO2/c1-7-13(4)15(11-18-12(2)3)14-8-9-16(19-5)17(10-14)20-6/h8-10,12-13,15,18H,7,11H2,1-6H3. The van der Waals surface area contributed by atoms with Crippen molar-refractivity contribution in [2.45, 2.75) is 46.1 Å². The van der Waals surface area contributed by atoms with E-state index in [1.54, 1.807) is 14.2 Å². The van der Waals surface area contributed by atoms with Gasteiger partial charge in [0.25, 0.3) is 0 Å². The summed E-state index contributed by atoms with van der Waals surface area (Å²) in [6.45, 7) is 9.91. The molecule has 0 bridgehead atoms. The second-order valence-corrected chi connectivity index (χ2v) is 5.67. The Morgan fingerprint density at radius 3 is 2.20 bits per heavy atom. The fraction of sp³-hybridized carbons (Fsp3) is 0.647. The molecule has 0 saturated carbocycles. The Hall–Kier alpha value is -1.22. The van der Waals surface area contributed by atoms with Gasteiger partial charge >= 0.3 is 0 Å². The average molecular weight is 279 g/mol. The predicted octanol–water partition coefficient (Wildman–Crippen LogP) is 3.83. The second kappa shape index (κ2) is 8.15. The molecule has 0 radical (unpaired) electrons. The zero-order valence-electron chi connectivity index (χ0n) is 13.7. The summed E-state index contributed by atoms with van der Waals surface area (Å²) in [6, 6.07) is 6.76. The Kier molecular flexibility index (Phi) is 6.86. The second-order valence-electron chi connectivity index (χ2n) is 5.67. The third-order valence-corrected chi connectivity index (χ3v) is 3.91. The quantitative estimate of drug-likeness (QED) is 0.784. The first-order valence-electron chi connectivity index (χ1n) is 7.48. The van der Waals surface area contributed by atoms with Crippen LogP contribution in [0.2, 0.25) is 0 Å². The minimum Gasteiger partial charge on any atom is -0.493 e. The van der Waals surface area contributed by atoms with E-state index in [4.69, 9.17) is 9.47 Å². The van der Waals surface area contributed by atoms with Crippen LogP contribution >= 0.6 is 0 Å². The summed E-state index contributed by atoms with van der Waals surface area (Å²) < 4.78 is 10.7. The number of rotatable bonds is 8. The molecule has 2 unspecified atom stereocenters. The molecule has 1 N–H and O–H groups in total. The summed E-state index contributed by atoms with van der Waals surface area (Å²) >= 11 is 0. The fourth-order valence-electron chi connectivity index (χ4n) is 2.38. The van der Waals surface area contributed by atoms with Gasteiger partial charge in [-0.25, -0.2) is 0 Å². The lowest BCUT2D eigenvalue weighted by atomic mass is 9.85. The summed E-state index contributed by atoms with van der Waals surface area (Å²) in [7, 11) is 3.36. The van der Waals surface area contributed by atoms with Gasteiger partial charge < -0.3 is 14.8 Å². The van der Waals surface area contributed by atoms with Crippen molar-refractivity contribution < 1.29 is 9.47 Å². The molecule has 20 heavy (non-hydrogen) atoms. The number of nitrogens with one attached hydrogen (secondary N) is 1. The molecule has 1 rings (SSSR count). The molecule has 0 fully saturated rings. The van der Waals surface area contributed by atoms with Gasteiger partial charge in [-0.15, -0.1) is 0 Å². The maximum atomic E-state index is 5.42. The van der Waals surface area contributed by atoms with Crippen molar-refractivity contribution in [3.05, 3.63) is 23.8 Å². The first kappa shape index (κ1) is 16.8. The topological polar surface area (TPSA) is 30.5 Å². The molecule has 2 atom stereocenters. The van der Waals surface area contributed by atoms with Crippen LogP contribution in [-0.4, -0.2) is 26.8 Å². The Labute approximate surface area is 123 Å². The zero-order chi connectivity index (χ0) is 15.1. The molecule has 0 amide bonds. The number of ether oxygens (including phenoxy) is 2. The maximum Gasteiger partial charge on any atom is 0.160 e. The third-order valence-electron chi connectivity index (χ3n) is 3.91.